The fourth-order valence-corrected chi connectivity index (χ4v) is 1.45. The van der Waals surface area contributed by atoms with E-state index in [1.807, 2.05) is 6.55 Å². The Morgan fingerprint density at radius 3 is 2.48 bits per heavy atom. The Labute approximate surface area is 123 Å². The second-order valence-corrected chi connectivity index (χ2v) is 4.84. The molecule has 0 aromatic rings. The Morgan fingerprint density at radius 2 is 2.05 bits per heavy atom. The van der Waals surface area contributed by atoms with Gasteiger partial charge < -0.3 is 30.5 Å². The maximum absolute atomic E-state index is 11.4. The maximum atomic E-state index is 11.4. The number of carbonyl (C=O) groups excluding carboxylic acids is 3. The average molecular weight is 323 g/mol. The smallest absolute Gasteiger partial charge is 0.331 e. The molecule has 21 heavy (non-hydrogen) atoms. The number of ether oxygens (including phenoxy) is 1. The highest BCUT2D eigenvalue weighted by molar-refractivity contribution is 6.22. The van der Waals surface area contributed by atoms with Crippen molar-refractivity contribution in [2.24, 2.45) is 11.6 Å². The Hall–Kier alpha value is -1.37. The summed E-state index contributed by atoms with van der Waals surface area (Å²) in [6, 6.07) is -2.08. The molecule has 11 heteroatoms. The molecule has 1 fully saturated rings. The van der Waals surface area contributed by atoms with Crippen LogP contribution in [0.25, 0.3) is 0 Å². The molecule has 0 saturated carbocycles. The van der Waals surface area contributed by atoms with E-state index in [0.717, 1.165) is 0 Å². The molecule has 0 aromatic heterocycles. The van der Waals surface area contributed by atoms with Crippen molar-refractivity contribution in [3.05, 3.63) is 0 Å². The summed E-state index contributed by atoms with van der Waals surface area (Å²) in [4.78, 5) is 45.1. The van der Waals surface area contributed by atoms with Crippen molar-refractivity contribution >= 4 is 27.7 Å². The molecule has 1 heterocycles. The molecular weight excluding hydrogens is 302 g/mol. The summed E-state index contributed by atoms with van der Waals surface area (Å²) in [5.74, 6) is 1.80. The Kier molecular flexibility index (Phi) is 9.69. The largest absolute Gasteiger partial charge is 0.438 e. The number of nitrogens with two attached hydrogens (primary N) is 2. The van der Waals surface area contributed by atoms with Gasteiger partial charge in [-0.15, -0.1) is 0 Å². The molecule has 0 bridgehead atoms. The van der Waals surface area contributed by atoms with Crippen LogP contribution in [-0.4, -0.2) is 62.3 Å². The van der Waals surface area contributed by atoms with Crippen LogP contribution >= 0.6 is 0 Å². The number of rotatable bonds is 4. The fraction of sp³-hybridized carbons (Fsp3) is 0.700. The lowest BCUT2D eigenvalue weighted by Gasteiger charge is -2.11. The third-order valence-corrected chi connectivity index (χ3v) is 2.41. The summed E-state index contributed by atoms with van der Waals surface area (Å²) in [5, 5.41) is 11.9. The van der Waals surface area contributed by atoms with Gasteiger partial charge in [-0.3, -0.25) is 4.79 Å². The molecule has 1 rings (SSSR count). The highest BCUT2D eigenvalue weighted by atomic mass is 28.2. The van der Waals surface area contributed by atoms with Crippen molar-refractivity contribution < 1.29 is 33.9 Å². The fourth-order valence-electron chi connectivity index (χ4n) is 1.45. The lowest BCUT2D eigenvalue weighted by Crippen LogP contribution is -2.40. The molecular formula is C10H21N3O7Si. The monoisotopic (exact) mass is 323 g/mol. The van der Waals surface area contributed by atoms with Crippen LogP contribution in [0.4, 0.5) is 0 Å². The highest BCUT2D eigenvalue weighted by Gasteiger charge is 2.32. The molecule has 7 N–H and O–H groups in total. The van der Waals surface area contributed by atoms with Gasteiger partial charge in [0.15, 0.2) is 9.76 Å². The Balaban J connectivity index is 0.00000122. The van der Waals surface area contributed by atoms with E-state index in [0.29, 0.717) is 0 Å². The van der Waals surface area contributed by atoms with Gasteiger partial charge in [0.05, 0.1) is 12.5 Å². The van der Waals surface area contributed by atoms with Crippen molar-refractivity contribution in [3.63, 3.8) is 0 Å². The van der Waals surface area contributed by atoms with E-state index in [1.54, 1.807) is 0 Å². The van der Waals surface area contributed by atoms with Gasteiger partial charge in [0.1, 0.15) is 12.1 Å². The molecule has 3 atom stereocenters. The highest BCUT2D eigenvalue weighted by Crippen LogP contribution is 2.08. The number of esters is 2. The van der Waals surface area contributed by atoms with E-state index in [2.05, 4.69) is 20.8 Å². The Morgan fingerprint density at radius 1 is 1.48 bits per heavy atom. The molecule has 1 saturated heterocycles. The first-order valence-corrected chi connectivity index (χ1v) is 8.33. The first-order chi connectivity index (χ1) is 9.85. The standard InChI is InChI=1S/C9H15N3O6.CH6OSi/c10-5(2-7(14)18-11)8(15)17-9(16)6-1-4(13)3-12-6;1-3-2/h4-6,12-13H,1-3,10-11H2;2H,3H2,1H3/t4-,5+,6+;/m1./s1. The summed E-state index contributed by atoms with van der Waals surface area (Å²) in [6.07, 6.45) is -0.978. The zero-order valence-electron chi connectivity index (χ0n) is 11.7. The van der Waals surface area contributed by atoms with Gasteiger partial charge in [0.2, 0.25) is 0 Å². The molecule has 0 amide bonds. The van der Waals surface area contributed by atoms with E-state index < -0.39 is 52.3 Å². The molecule has 0 aromatic carbocycles. The van der Waals surface area contributed by atoms with Crippen molar-refractivity contribution in [2.75, 3.05) is 6.54 Å². The van der Waals surface area contributed by atoms with Gasteiger partial charge in [0.25, 0.3) is 0 Å². The zero-order valence-corrected chi connectivity index (χ0v) is 13.1. The van der Waals surface area contributed by atoms with Crippen molar-refractivity contribution in [2.45, 2.75) is 37.6 Å². The molecule has 0 unspecified atom stereocenters. The van der Waals surface area contributed by atoms with Gasteiger partial charge in [0, 0.05) is 13.0 Å². The second-order valence-electron chi connectivity index (χ2n) is 4.21. The van der Waals surface area contributed by atoms with Crippen LogP contribution in [-0.2, 0) is 24.0 Å². The van der Waals surface area contributed by atoms with Crippen LogP contribution in [0.1, 0.15) is 12.8 Å². The molecule has 10 nitrogen and oxygen atoms in total. The van der Waals surface area contributed by atoms with Crippen molar-refractivity contribution in [3.8, 4) is 0 Å². The van der Waals surface area contributed by atoms with E-state index in [4.69, 9.17) is 10.5 Å². The van der Waals surface area contributed by atoms with Gasteiger partial charge in [-0.2, -0.15) is 5.90 Å². The normalized spacial score (nSPS) is 22.3. The second kappa shape index (κ2) is 10.4. The number of aliphatic hydroxyl groups is 1. The van der Waals surface area contributed by atoms with Crippen LogP contribution in [0.5, 0.6) is 0 Å². The molecule has 1 aliphatic rings. The lowest BCUT2D eigenvalue weighted by atomic mass is 10.2. The molecule has 0 aliphatic carbocycles. The number of hydrogen-bond donors (Lipinski definition) is 5. The van der Waals surface area contributed by atoms with Crippen molar-refractivity contribution in [1.29, 1.82) is 0 Å². The molecule has 0 radical (unpaired) electrons. The quantitative estimate of drug-likeness (QED) is 0.148. The van der Waals surface area contributed by atoms with Gasteiger partial charge in [-0.25, -0.2) is 9.59 Å². The number of carbonyl (C=O) groups is 3. The number of nitrogens with one attached hydrogen (secondary N) is 1. The SMILES string of the molecule is C[SiH2]O.NOC(=O)C[C@H](N)C(=O)OC(=O)[C@@H]1C[C@@H](O)CN1. The van der Waals surface area contributed by atoms with E-state index in [1.165, 1.54) is 0 Å². The summed E-state index contributed by atoms with van der Waals surface area (Å²) in [7, 11) is -0.583. The van der Waals surface area contributed by atoms with E-state index in [-0.39, 0.29) is 13.0 Å². The van der Waals surface area contributed by atoms with Crippen LogP contribution in [0, 0.1) is 0 Å². The minimum absolute atomic E-state index is 0.159. The number of hydrogen-bond acceptors (Lipinski definition) is 10. The molecule has 0 spiro atoms. The predicted molar refractivity (Wildman–Crippen MR) is 73.0 cm³/mol. The van der Waals surface area contributed by atoms with Crippen molar-refractivity contribution in [1.82, 2.24) is 5.32 Å². The minimum atomic E-state index is -1.32. The predicted octanol–water partition coefficient (Wildman–Crippen LogP) is -3.98. The first-order valence-electron chi connectivity index (χ1n) is 6.28. The van der Waals surface area contributed by atoms with Gasteiger partial charge >= 0.3 is 17.9 Å². The topological polar surface area (TPSA) is 174 Å². The number of β-amino-alcohol motifs (C(OH)–C–C–N with tert-alkyl or cyclic N) is 1. The van der Waals surface area contributed by atoms with Crippen LogP contribution in [0.2, 0.25) is 6.55 Å². The molecule has 1 aliphatic heterocycles. The molecule has 122 valence electrons. The van der Waals surface area contributed by atoms with Gasteiger partial charge in [-0.1, -0.05) is 6.55 Å². The summed E-state index contributed by atoms with van der Waals surface area (Å²) in [6.45, 7) is 2.07. The summed E-state index contributed by atoms with van der Waals surface area (Å²) in [5.41, 5.74) is 5.32. The average Bonchev–Trinajstić information content (AvgIpc) is 2.86. The third kappa shape index (κ3) is 7.84. The summed E-state index contributed by atoms with van der Waals surface area (Å²) < 4.78 is 4.46. The summed E-state index contributed by atoms with van der Waals surface area (Å²) >= 11 is 0. The number of aliphatic hydroxyl groups excluding tert-OH is 1. The van der Waals surface area contributed by atoms with Crippen LogP contribution in [0.15, 0.2) is 0 Å². The van der Waals surface area contributed by atoms with E-state index >= 15 is 0 Å². The lowest BCUT2D eigenvalue weighted by molar-refractivity contribution is -0.163. The zero-order chi connectivity index (χ0) is 16.4. The van der Waals surface area contributed by atoms with E-state index in [9.17, 15) is 19.5 Å². The minimum Gasteiger partial charge on any atom is -0.438 e. The van der Waals surface area contributed by atoms with Gasteiger partial charge in [-0.05, 0) is 0 Å². The first kappa shape index (κ1) is 19.6. The maximum Gasteiger partial charge on any atom is 0.331 e. The van der Waals surface area contributed by atoms with Crippen LogP contribution < -0.4 is 16.9 Å². The van der Waals surface area contributed by atoms with Crippen LogP contribution in [0.3, 0.4) is 0 Å². The Bertz CT molecular complexity index is 369. The third-order valence-electron chi connectivity index (χ3n) is 2.41.